The number of likely N-dealkylation sites (tertiary alicyclic amines) is 1. The van der Waals surface area contributed by atoms with Crippen molar-refractivity contribution in [3.63, 3.8) is 0 Å². The molecule has 1 heterocycles. The highest BCUT2D eigenvalue weighted by molar-refractivity contribution is 6.00. The molecule has 1 saturated heterocycles. The van der Waals surface area contributed by atoms with Crippen molar-refractivity contribution in [3.8, 4) is 11.1 Å². The number of fused-ring (bicyclic) bond motifs is 3. The Kier molecular flexibility index (Phi) is 17.0. The zero-order valence-electron chi connectivity index (χ0n) is 38.5. The van der Waals surface area contributed by atoms with Gasteiger partial charge in [0.1, 0.15) is 24.3 Å². The molecular weight excluding hydrogens is 795 g/mol. The van der Waals surface area contributed by atoms with Crippen LogP contribution in [0.4, 0.5) is 9.59 Å². The first-order valence-electron chi connectivity index (χ1n) is 22.6. The number of rotatable bonds is 18. The van der Waals surface area contributed by atoms with Crippen molar-refractivity contribution >= 4 is 29.9 Å². The average molecular weight is 864 g/mol. The van der Waals surface area contributed by atoms with E-state index in [1.807, 2.05) is 108 Å². The number of carbonyl (C=O) groups is 5. The van der Waals surface area contributed by atoms with Crippen LogP contribution in [0.25, 0.3) is 11.1 Å². The van der Waals surface area contributed by atoms with Gasteiger partial charge in [-0.3, -0.25) is 14.4 Å². The van der Waals surface area contributed by atoms with Crippen LogP contribution < -0.4 is 21.3 Å². The molecule has 0 unspecified atom stereocenters. The molecule has 3 aromatic carbocycles. The lowest BCUT2D eigenvalue weighted by Gasteiger charge is -2.30. The largest absolute Gasteiger partial charge is 0.449 e. The molecule has 1 aliphatic heterocycles. The van der Waals surface area contributed by atoms with Crippen molar-refractivity contribution in [3.05, 3.63) is 108 Å². The van der Waals surface area contributed by atoms with Crippen molar-refractivity contribution in [2.45, 2.75) is 130 Å². The van der Waals surface area contributed by atoms with E-state index in [0.717, 1.165) is 27.8 Å². The topological polar surface area (TPSA) is 155 Å². The summed E-state index contributed by atoms with van der Waals surface area (Å²) in [6.45, 7) is 16.2. The van der Waals surface area contributed by atoms with Crippen molar-refractivity contribution in [1.82, 2.24) is 26.2 Å². The Morgan fingerprint density at radius 3 is 2.05 bits per heavy atom. The normalized spacial score (nSPS) is 16.5. The minimum absolute atomic E-state index is 0.0452. The van der Waals surface area contributed by atoms with Gasteiger partial charge in [-0.1, -0.05) is 111 Å². The maximum absolute atomic E-state index is 14.5. The molecule has 12 heteroatoms. The quantitative estimate of drug-likeness (QED) is 0.0567. The van der Waals surface area contributed by atoms with Gasteiger partial charge in [-0.25, -0.2) is 9.59 Å². The lowest BCUT2D eigenvalue weighted by molar-refractivity contribution is -0.139. The third-order valence-electron chi connectivity index (χ3n) is 11.1. The molecule has 0 aromatic heterocycles. The van der Waals surface area contributed by atoms with Crippen LogP contribution in [0.3, 0.4) is 0 Å². The van der Waals surface area contributed by atoms with Crippen molar-refractivity contribution in [1.29, 1.82) is 0 Å². The van der Waals surface area contributed by atoms with Gasteiger partial charge in [0.15, 0.2) is 0 Å². The van der Waals surface area contributed by atoms with E-state index in [1.54, 1.807) is 4.90 Å². The second-order valence-electron chi connectivity index (χ2n) is 19.3. The maximum Gasteiger partial charge on any atom is 0.408 e. The number of hydrogen-bond donors (Lipinski definition) is 4. The number of benzene rings is 3. The molecule has 3 aromatic rings. The lowest BCUT2D eigenvalue weighted by atomic mass is 9.95. The molecule has 5 rings (SSSR count). The molecule has 0 bridgehead atoms. The summed E-state index contributed by atoms with van der Waals surface area (Å²) in [5.74, 6) is -2.35. The predicted octanol–water partition coefficient (Wildman–Crippen LogP) is 8.65. The van der Waals surface area contributed by atoms with Crippen LogP contribution in [0.15, 0.2) is 91.0 Å². The van der Waals surface area contributed by atoms with E-state index in [1.165, 1.54) is 0 Å². The summed E-state index contributed by atoms with van der Waals surface area (Å²) in [5.41, 5.74) is 4.34. The highest BCUT2D eigenvalue weighted by atomic mass is 16.6. The highest BCUT2D eigenvalue weighted by Gasteiger charge is 2.37. The maximum atomic E-state index is 14.5. The first kappa shape index (κ1) is 48.4. The first-order chi connectivity index (χ1) is 29.9. The van der Waals surface area contributed by atoms with Crippen LogP contribution in [-0.2, 0) is 30.3 Å². The fourth-order valence-electron chi connectivity index (χ4n) is 8.34. The van der Waals surface area contributed by atoms with Gasteiger partial charge in [-0.2, -0.15) is 0 Å². The van der Waals surface area contributed by atoms with Crippen LogP contribution in [0.5, 0.6) is 0 Å². The van der Waals surface area contributed by atoms with Gasteiger partial charge in [0.05, 0.1) is 12.0 Å². The minimum Gasteiger partial charge on any atom is -0.449 e. The van der Waals surface area contributed by atoms with Crippen LogP contribution in [0, 0.1) is 17.8 Å². The number of hydrogen-bond acceptors (Lipinski definition) is 7. The third-order valence-corrected chi connectivity index (χ3v) is 11.1. The van der Waals surface area contributed by atoms with Crippen LogP contribution in [0.1, 0.15) is 117 Å². The van der Waals surface area contributed by atoms with Gasteiger partial charge in [0.25, 0.3) is 0 Å². The summed E-state index contributed by atoms with van der Waals surface area (Å²) in [7, 11) is 0. The van der Waals surface area contributed by atoms with Gasteiger partial charge >= 0.3 is 12.2 Å². The van der Waals surface area contributed by atoms with Crippen molar-refractivity contribution in [2.24, 2.45) is 17.8 Å². The van der Waals surface area contributed by atoms with Gasteiger partial charge in [0, 0.05) is 24.5 Å². The van der Waals surface area contributed by atoms with Crippen LogP contribution >= 0.6 is 0 Å². The number of unbranched alkanes of at least 4 members (excludes halogenated alkanes) is 1. The first-order valence-corrected chi connectivity index (χ1v) is 22.6. The van der Waals surface area contributed by atoms with Gasteiger partial charge in [0.2, 0.25) is 17.7 Å². The fraction of sp³-hybridized carbons (Fsp3) is 0.510. The monoisotopic (exact) mass is 864 g/mol. The molecular formula is C51H69N5O7. The second-order valence-corrected chi connectivity index (χ2v) is 19.3. The number of nitrogens with zero attached hydrogens (tertiary/aromatic N) is 1. The minimum atomic E-state index is -1.01. The van der Waals surface area contributed by atoms with Crippen molar-refractivity contribution < 1.29 is 33.4 Å². The highest BCUT2D eigenvalue weighted by Crippen LogP contribution is 2.44. The summed E-state index contributed by atoms with van der Waals surface area (Å²) < 4.78 is 11.2. The summed E-state index contributed by atoms with van der Waals surface area (Å²) in [5, 5.41) is 11.8. The second kappa shape index (κ2) is 22.1. The van der Waals surface area contributed by atoms with Gasteiger partial charge in [-0.15, -0.1) is 0 Å². The third kappa shape index (κ3) is 14.7. The SMILES string of the molecule is CC(C)C[C@@H](/C=C/[C@H](Cc1ccccc1)C(=O)N1CCC[C@H]1NC(=O)[C@@H](CCCCNC(=O)OCC1c2ccccc2-c2ccccc21)C(=O)NC(C)(C)C)NC(=O)OC(C)(C)C. The molecule has 0 radical (unpaired) electrons. The summed E-state index contributed by atoms with van der Waals surface area (Å²) in [4.78, 5) is 69.5. The Hall–Kier alpha value is -5.65. The van der Waals surface area contributed by atoms with E-state index in [4.69, 9.17) is 9.47 Å². The van der Waals surface area contributed by atoms with Gasteiger partial charge < -0.3 is 35.6 Å². The Bertz CT molecular complexity index is 2010. The smallest absolute Gasteiger partial charge is 0.408 e. The Balaban J connectivity index is 1.20. The molecule has 4 N–H and O–H groups in total. The molecule has 4 atom stereocenters. The number of carbonyl (C=O) groups excluding carboxylic acids is 5. The molecule has 0 spiro atoms. The molecule has 2 aliphatic rings. The van der Waals surface area contributed by atoms with Gasteiger partial charge in [-0.05, 0) is 114 Å². The molecule has 340 valence electrons. The molecule has 63 heavy (non-hydrogen) atoms. The van der Waals surface area contributed by atoms with E-state index in [0.29, 0.717) is 51.6 Å². The standard InChI is InChI=1S/C51H69N5O7/c1-34(2)31-37(53-49(61)63-51(6,7)8)28-27-36(32-35-19-10-9-11-20-35)47(59)56-30-18-26-44(56)54-45(57)42(46(58)55-50(3,4)5)25-16-17-29-52-48(60)62-33-43-40-23-14-12-21-38(40)39-22-13-15-24-41(39)43/h9-15,19-24,27-28,34,36-37,42-44H,16-18,25-26,29-33H2,1-8H3,(H,52,60)(H,53,61)(H,54,57)(H,55,58)/b28-27+/t36-,37-,42-,44+/m1/s1. The Morgan fingerprint density at radius 2 is 1.43 bits per heavy atom. The molecule has 12 nitrogen and oxygen atoms in total. The molecule has 5 amide bonds. The van der Waals surface area contributed by atoms with E-state index in [-0.39, 0.29) is 42.7 Å². The van der Waals surface area contributed by atoms with E-state index in [9.17, 15) is 24.0 Å². The predicted molar refractivity (Wildman–Crippen MR) is 247 cm³/mol. The van der Waals surface area contributed by atoms with Crippen LogP contribution in [-0.4, -0.2) is 77.9 Å². The van der Waals surface area contributed by atoms with Crippen LogP contribution in [0.2, 0.25) is 0 Å². The summed E-state index contributed by atoms with van der Waals surface area (Å²) in [6, 6.07) is 25.8. The number of nitrogens with one attached hydrogen (secondary N) is 4. The zero-order valence-corrected chi connectivity index (χ0v) is 38.5. The lowest BCUT2D eigenvalue weighted by Crippen LogP contribution is -2.53. The van der Waals surface area contributed by atoms with E-state index in [2.05, 4.69) is 59.4 Å². The summed E-state index contributed by atoms with van der Waals surface area (Å²) in [6.07, 6.45) is 5.70. The summed E-state index contributed by atoms with van der Waals surface area (Å²) >= 11 is 0. The number of alkyl carbamates (subject to hydrolysis) is 2. The average Bonchev–Trinajstić information content (AvgIpc) is 3.80. The Labute approximate surface area is 374 Å². The van der Waals surface area contributed by atoms with E-state index < -0.39 is 47.2 Å². The van der Waals surface area contributed by atoms with E-state index >= 15 is 0 Å². The number of ether oxygens (including phenoxy) is 2. The Morgan fingerprint density at radius 1 is 0.794 bits per heavy atom. The number of amides is 5. The van der Waals surface area contributed by atoms with Crippen molar-refractivity contribution in [2.75, 3.05) is 19.7 Å². The molecule has 1 aliphatic carbocycles. The molecule has 1 fully saturated rings. The zero-order chi connectivity index (χ0) is 45.7. The molecule has 0 saturated carbocycles. The fourth-order valence-corrected chi connectivity index (χ4v) is 8.34.